The van der Waals surface area contributed by atoms with E-state index < -0.39 is 0 Å². The predicted octanol–water partition coefficient (Wildman–Crippen LogP) is 6.03. The smallest absolute Gasteiger partial charge is 0.319 e. The predicted molar refractivity (Wildman–Crippen MR) is 136 cm³/mol. The van der Waals surface area contributed by atoms with E-state index >= 15 is 0 Å². The number of allylic oxidation sites excluding steroid dienone is 1. The lowest BCUT2D eigenvalue weighted by molar-refractivity contribution is 0.123. The zero-order valence-corrected chi connectivity index (χ0v) is 19.9. The molecule has 0 bridgehead atoms. The van der Waals surface area contributed by atoms with Crippen LogP contribution in [0.15, 0.2) is 48.5 Å². The van der Waals surface area contributed by atoms with E-state index in [4.69, 9.17) is 0 Å². The second-order valence-corrected chi connectivity index (χ2v) is 10.4. The van der Waals surface area contributed by atoms with Gasteiger partial charge in [-0.3, -0.25) is 0 Å². The number of benzene rings is 2. The number of carbonyl (C=O) groups is 1. The van der Waals surface area contributed by atoms with Gasteiger partial charge >= 0.3 is 6.03 Å². The number of rotatable bonds is 6. The number of fused-ring (bicyclic) bond motifs is 1. The fourth-order valence-electron chi connectivity index (χ4n) is 6.05. The summed E-state index contributed by atoms with van der Waals surface area (Å²) in [6.45, 7) is 3.28. The van der Waals surface area contributed by atoms with Crippen molar-refractivity contribution in [2.45, 2.75) is 57.4 Å². The largest absolute Gasteiger partial charge is 0.335 e. The molecule has 34 heavy (non-hydrogen) atoms. The van der Waals surface area contributed by atoms with Crippen molar-refractivity contribution in [3.05, 3.63) is 71.0 Å². The maximum atomic E-state index is 13.2. The standard InChI is InChI=1S/C29H36FN3O/c30-26-13-10-21(11-14-26)17-22-5-4-16-33(19-22)20-25-6-1-2-9-28(25)32-29(34)31-27-15-12-23-7-3-8-24(23)18-27/h3,8,10-15,18,22,25,28H,1-2,4-7,9,16-17,19-20H2,(H2,31,32,34)/t22?,25-,28+/m0/s1. The number of nitrogens with zero attached hydrogens (tertiary/aromatic N) is 1. The first-order valence-corrected chi connectivity index (χ1v) is 13.0. The first kappa shape index (κ1) is 23.1. The van der Waals surface area contributed by atoms with E-state index in [2.05, 4.69) is 39.8 Å². The Morgan fingerprint density at radius 1 is 1.03 bits per heavy atom. The highest BCUT2D eigenvalue weighted by atomic mass is 19.1. The molecule has 1 saturated heterocycles. The molecule has 0 spiro atoms. The molecular formula is C29H36FN3O. The van der Waals surface area contributed by atoms with Crippen molar-refractivity contribution in [3.8, 4) is 0 Å². The third-order valence-electron chi connectivity index (χ3n) is 7.80. The molecule has 2 N–H and O–H groups in total. The average Bonchev–Trinajstić information content (AvgIpc) is 3.30. The van der Waals surface area contributed by atoms with Gasteiger partial charge in [0.25, 0.3) is 0 Å². The summed E-state index contributed by atoms with van der Waals surface area (Å²) in [5.41, 5.74) is 4.60. The Bertz CT molecular complexity index is 1020. The van der Waals surface area contributed by atoms with Crippen LogP contribution in [0.3, 0.4) is 0 Å². The van der Waals surface area contributed by atoms with Crippen LogP contribution < -0.4 is 10.6 Å². The van der Waals surface area contributed by atoms with Gasteiger partial charge in [0.05, 0.1) is 0 Å². The van der Waals surface area contributed by atoms with Gasteiger partial charge in [-0.25, -0.2) is 9.18 Å². The maximum absolute atomic E-state index is 13.2. The Morgan fingerprint density at radius 3 is 2.76 bits per heavy atom. The number of anilines is 1. The molecule has 2 amide bonds. The Labute approximate surface area is 202 Å². The molecule has 180 valence electrons. The van der Waals surface area contributed by atoms with Crippen molar-refractivity contribution < 1.29 is 9.18 Å². The molecule has 1 saturated carbocycles. The van der Waals surface area contributed by atoms with Gasteiger partial charge < -0.3 is 15.5 Å². The highest BCUT2D eigenvalue weighted by Gasteiger charge is 2.30. The SMILES string of the molecule is O=C(Nc1ccc2c(c1)C=CC2)N[C@@H]1CCCC[C@H]1CN1CCCC(Cc2ccc(F)cc2)C1. The minimum Gasteiger partial charge on any atom is -0.335 e. The summed E-state index contributed by atoms with van der Waals surface area (Å²) in [5, 5.41) is 6.36. The monoisotopic (exact) mass is 461 g/mol. The fourth-order valence-corrected chi connectivity index (χ4v) is 6.05. The summed E-state index contributed by atoms with van der Waals surface area (Å²) in [6, 6.07) is 13.3. The summed E-state index contributed by atoms with van der Waals surface area (Å²) in [7, 11) is 0. The number of hydrogen-bond acceptors (Lipinski definition) is 2. The van der Waals surface area contributed by atoms with Crippen molar-refractivity contribution in [2.75, 3.05) is 25.0 Å². The summed E-state index contributed by atoms with van der Waals surface area (Å²) in [4.78, 5) is 15.4. The minimum atomic E-state index is -0.165. The van der Waals surface area contributed by atoms with Gasteiger partial charge in [-0.2, -0.15) is 0 Å². The topological polar surface area (TPSA) is 44.4 Å². The number of nitrogens with one attached hydrogen (secondary N) is 2. The molecule has 0 radical (unpaired) electrons. The Kier molecular flexibility index (Phi) is 7.29. The molecule has 2 aromatic carbocycles. The van der Waals surface area contributed by atoms with Crippen molar-refractivity contribution in [2.24, 2.45) is 11.8 Å². The molecule has 2 aromatic rings. The van der Waals surface area contributed by atoms with Gasteiger partial charge in [0.1, 0.15) is 5.82 Å². The van der Waals surface area contributed by atoms with Crippen LogP contribution in [0.25, 0.3) is 6.08 Å². The number of carbonyl (C=O) groups excluding carboxylic acids is 1. The van der Waals surface area contributed by atoms with Crippen LogP contribution in [-0.4, -0.2) is 36.6 Å². The van der Waals surface area contributed by atoms with Gasteiger partial charge in [-0.05, 0) is 97.9 Å². The maximum Gasteiger partial charge on any atom is 0.319 e. The lowest BCUT2D eigenvalue weighted by Crippen LogP contribution is -2.49. The molecule has 1 aliphatic heterocycles. The summed E-state index contributed by atoms with van der Waals surface area (Å²) in [5.74, 6) is 0.945. The van der Waals surface area contributed by atoms with Crippen molar-refractivity contribution in [1.29, 1.82) is 0 Å². The number of urea groups is 1. The number of halogens is 1. The molecule has 2 aliphatic carbocycles. The van der Waals surface area contributed by atoms with E-state index in [1.165, 1.54) is 48.8 Å². The summed E-state index contributed by atoms with van der Waals surface area (Å²) >= 11 is 0. The van der Waals surface area contributed by atoms with Crippen LogP contribution in [0, 0.1) is 17.7 Å². The Morgan fingerprint density at radius 2 is 1.88 bits per heavy atom. The highest BCUT2D eigenvalue weighted by molar-refractivity contribution is 5.90. The highest BCUT2D eigenvalue weighted by Crippen LogP contribution is 2.29. The van der Waals surface area contributed by atoms with Gasteiger partial charge in [-0.15, -0.1) is 0 Å². The van der Waals surface area contributed by atoms with Crippen LogP contribution in [0.1, 0.15) is 55.2 Å². The summed E-state index contributed by atoms with van der Waals surface area (Å²) in [6.07, 6.45) is 13.4. The third kappa shape index (κ3) is 5.87. The molecule has 1 heterocycles. The molecule has 5 rings (SSSR count). The zero-order valence-electron chi connectivity index (χ0n) is 19.9. The normalized spacial score (nSPS) is 24.6. The van der Waals surface area contributed by atoms with E-state index in [1.54, 1.807) is 12.1 Å². The molecule has 4 nitrogen and oxygen atoms in total. The number of amides is 2. The van der Waals surface area contributed by atoms with Crippen molar-refractivity contribution in [1.82, 2.24) is 10.2 Å². The fraction of sp³-hybridized carbons (Fsp3) is 0.483. The van der Waals surface area contributed by atoms with E-state index in [9.17, 15) is 9.18 Å². The van der Waals surface area contributed by atoms with Crippen LogP contribution in [0.2, 0.25) is 0 Å². The van der Waals surface area contributed by atoms with E-state index in [1.807, 2.05) is 18.2 Å². The summed E-state index contributed by atoms with van der Waals surface area (Å²) < 4.78 is 13.2. The Hall–Kier alpha value is -2.66. The number of piperidine rings is 1. The number of hydrogen-bond donors (Lipinski definition) is 2. The second kappa shape index (κ2) is 10.7. The van der Waals surface area contributed by atoms with E-state index in [-0.39, 0.29) is 17.9 Å². The van der Waals surface area contributed by atoms with Gasteiger partial charge in [0.2, 0.25) is 0 Å². The molecule has 3 atom stereocenters. The van der Waals surface area contributed by atoms with Gasteiger partial charge in [-0.1, -0.05) is 43.2 Å². The quantitative estimate of drug-likeness (QED) is 0.552. The van der Waals surface area contributed by atoms with Crippen molar-refractivity contribution >= 4 is 17.8 Å². The van der Waals surface area contributed by atoms with E-state index in [0.717, 1.165) is 44.6 Å². The third-order valence-corrected chi connectivity index (χ3v) is 7.80. The molecule has 3 aliphatic rings. The van der Waals surface area contributed by atoms with Gasteiger partial charge in [0, 0.05) is 24.8 Å². The lowest BCUT2D eigenvalue weighted by atomic mass is 9.83. The first-order chi connectivity index (χ1) is 16.6. The van der Waals surface area contributed by atoms with Gasteiger partial charge in [0.15, 0.2) is 0 Å². The van der Waals surface area contributed by atoms with Crippen LogP contribution in [0.5, 0.6) is 0 Å². The van der Waals surface area contributed by atoms with Crippen LogP contribution >= 0.6 is 0 Å². The zero-order chi connectivity index (χ0) is 23.3. The molecule has 1 unspecified atom stereocenters. The molecule has 2 fully saturated rings. The molecule has 0 aromatic heterocycles. The minimum absolute atomic E-state index is 0.0911. The second-order valence-electron chi connectivity index (χ2n) is 10.4. The number of likely N-dealkylation sites (tertiary alicyclic amines) is 1. The molecule has 5 heteroatoms. The van der Waals surface area contributed by atoms with Crippen LogP contribution in [0.4, 0.5) is 14.9 Å². The van der Waals surface area contributed by atoms with Crippen LogP contribution in [-0.2, 0) is 12.8 Å². The lowest BCUT2D eigenvalue weighted by Gasteiger charge is -2.39. The van der Waals surface area contributed by atoms with E-state index in [0.29, 0.717) is 11.8 Å². The first-order valence-electron chi connectivity index (χ1n) is 13.0. The molecular weight excluding hydrogens is 425 g/mol. The Balaban J connectivity index is 1.14. The van der Waals surface area contributed by atoms with Crippen molar-refractivity contribution in [3.63, 3.8) is 0 Å². The average molecular weight is 462 g/mol.